The fourth-order valence-corrected chi connectivity index (χ4v) is 4.57. The van der Waals surface area contributed by atoms with Crippen LogP contribution < -0.4 is 16.0 Å². The number of urea groups is 1. The number of anilines is 2. The molecule has 0 atom stereocenters. The molecule has 12 heteroatoms. The molecule has 3 aromatic carbocycles. The Labute approximate surface area is 224 Å². The summed E-state index contributed by atoms with van der Waals surface area (Å²) in [6.07, 6.45) is 1.07. The van der Waals surface area contributed by atoms with Gasteiger partial charge in [-0.1, -0.05) is 35.9 Å². The normalized spacial score (nSPS) is 10.9. The molecular formula is C26H26ClFN4O5S. The molecular weight excluding hydrogens is 535 g/mol. The molecule has 3 N–H and O–H groups in total. The van der Waals surface area contributed by atoms with E-state index in [1.165, 1.54) is 25.1 Å². The van der Waals surface area contributed by atoms with Crippen LogP contribution in [-0.2, 0) is 19.4 Å². The van der Waals surface area contributed by atoms with Crippen molar-refractivity contribution in [2.24, 2.45) is 0 Å². The Bertz CT molecular complexity index is 1450. The Morgan fingerprint density at radius 3 is 2.29 bits per heavy atom. The highest BCUT2D eigenvalue weighted by Crippen LogP contribution is 2.29. The molecule has 3 aromatic rings. The molecule has 0 fully saturated rings. The lowest BCUT2D eigenvalue weighted by molar-refractivity contribution is -0.119. The Morgan fingerprint density at radius 2 is 1.66 bits per heavy atom. The minimum absolute atomic E-state index is 0.0100. The second-order valence-corrected chi connectivity index (χ2v) is 10.8. The van der Waals surface area contributed by atoms with E-state index in [2.05, 4.69) is 16.0 Å². The first-order valence-corrected chi connectivity index (χ1v) is 13.7. The molecule has 0 spiro atoms. The molecule has 0 aliphatic carbocycles. The van der Waals surface area contributed by atoms with E-state index in [9.17, 15) is 27.2 Å². The highest BCUT2D eigenvalue weighted by molar-refractivity contribution is 7.90. The molecule has 0 saturated carbocycles. The highest BCUT2D eigenvalue weighted by atomic mass is 35.5. The second-order valence-electron chi connectivity index (χ2n) is 8.35. The summed E-state index contributed by atoms with van der Waals surface area (Å²) >= 11 is 5.87. The standard InChI is InChI=1S/C26H26ClFN4O5S/c1-17(33)29-13-14-32(26(35)30-20-10-8-19(27)9-11-20)16-25(34)31-23-12-7-18(15-22(23)28)21-5-3-4-6-24(21)38(2,36)37/h3-12,15H,13-14,16H2,1-2H3,(H,29,33)(H,30,35)(H,31,34). The van der Waals surface area contributed by atoms with E-state index in [0.29, 0.717) is 21.8 Å². The third-order valence-electron chi connectivity index (χ3n) is 5.31. The molecule has 0 heterocycles. The number of rotatable bonds is 9. The van der Waals surface area contributed by atoms with E-state index in [-0.39, 0.29) is 29.6 Å². The van der Waals surface area contributed by atoms with Gasteiger partial charge in [0.05, 0.1) is 10.6 Å². The van der Waals surface area contributed by atoms with Crippen molar-refractivity contribution in [1.29, 1.82) is 0 Å². The lowest BCUT2D eigenvalue weighted by atomic mass is 10.0. The van der Waals surface area contributed by atoms with Crippen LogP contribution in [0.5, 0.6) is 0 Å². The molecule has 0 saturated heterocycles. The van der Waals surface area contributed by atoms with Crippen LogP contribution in [0.25, 0.3) is 11.1 Å². The van der Waals surface area contributed by atoms with Crippen LogP contribution in [0, 0.1) is 5.82 Å². The number of carbonyl (C=O) groups excluding carboxylic acids is 3. The molecule has 4 amide bonds. The van der Waals surface area contributed by atoms with Crippen molar-refractivity contribution in [2.75, 3.05) is 36.5 Å². The minimum Gasteiger partial charge on any atom is -0.355 e. The molecule has 38 heavy (non-hydrogen) atoms. The number of hydrogen-bond acceptors (Lipinski definition) is 5. The van der Waals surface area contributed by atoms with Crippen molar-refractivity contribution in [1.82, 2.24) is 10.2 Å². The lowest BCUT2D eigenvalue weighted by Crippen LogP contribution is -2.44. The number of nitrogens with zero attached hydrogens (tertiary/aromatic N) is 1. The van der Waals surface area contributed by atoms with E-state index >= 15 is 0 Å². The molecule has 0 bridgehead atoms. The maximum atomic E-state index is 14.9. The van der Waals surface area contributed by atoms with Gasteiger partial charge in [0.1, 0.15) is 12.4 Å². The number of amides is 4. The van der Waals surface area contributed by atoms with E-state index in [1.807, 2.05) is 0 Å². The molecule has 0 aliphatic rings. The summed E-state index contributed by atoms with van der Waals surface area (Å²) in [5.41, 5.74) is 0.950. The van der Waals surface area contributed by atoms with Gasteiger partial charge < -0.3 is 20.9 Å². The van der Waals surface area contributed by atoms with Gasteiger partial charge in [0.15, 0.2) is 9.84 Å². The van der Waals surface area contributed by atoms with Crippen LogP contribution in [-0.4, -0.2) is 57.1 Å². The number of benzene rings is 3. The first-order valence-electron chi connectivity index (χ1n) is 11.4. The predicted octanol–water partition coefficient (Wildman–Crippen LogP) is 4.16. The largest absolute Gasteiger partial charge is 0.355 e. The van der Waals surface area contributed by atoms with Gasteiger partial charge in [-0.05, 0) is 48.0 Å². The number of hydrogen-bond donors (Lipinski definition) is 3. The van der Waals surface area contributed by atoms with Gasteiger partial charge in [-0.3, -0.25) is 9.59 Å². The van der Waals surface area contributed by atoms with Crippen molar-refractivity contribution in [3.63, 3.8) is 0 Å². The first kappa shape index (κ1) is 28.6. The average molecular weight is 561 g/mol. The third-order valence-corrected chi connectivity index (χ3v) is 6.72. The van der Waals surface area contributed by atoms with E-state index in [4.69, 9.17) is 11.6 Å². The SMILES string of the molecule is CC(=O)NCCN(CC(=O)Nc1ccc(-c2ccccc2S(C)(=O)=O)cc1F)C(=O)Nc1ccc(Cl)cc1. The maximum absolute atomic E-state index is 14.9. The number of halogens is 2. The zero-order valence-electron chi connectivity index (χ0n) is 20.6. The van der Waals surface area contributed by atoms with Crippen molar-refractivity contribution in [2.45, 2.75) is 11.8 Å². The van der Waals surface area contributed by atoms with Gasteiger partial charge in [-0.25, -0.2) is 17.6 Å². The second kappa shape index (κ2) is 12.5. The highest BCUT2D eigenvalue weighted by Gasteiger charge is 2.20. The summed E-state index contributed by atoms with van der Waals surface area (Å²) in [5.74, 6) is -1.76. The van der Waals surface area contributed by atoms with Gasteiger partial charge in [-0.15, -0.1) is 0 Å². The number of carbonyl (C=O) groups is 3. The monoisotopic (exact) mass is 560 g/mol. The van der Waals surface area contributed by atoms with Crippen LogP contribution in [0.15, 0.2) is 71.6 Å². The summed E-state index contributed by atoms with van der Waals surface area (Å²) in [6, 6.07) is 15.9. The summed E-state index contributed by atoms with van der Waals surface area (Å²) < 4.78 is 39.1. The topological polar surface area (TPSA) is 125 Å². The summed E-state index contributed by atoms with van der Waals surface area (Å²) in [4.78, 5) is 38.0. The smallest absolute Gasteiger partial charge is 0.322 e. The van der Waals surface area contributed by atoms with Gasteiger partial charge >= 0.3 is 6.03 Å². The molecule has 0 radical (unpaired) electrons. The number of sulfone groups is 1. The van der Waals surface area contributed by atoms with Crippen molar-refractivity contribution < 1.29 is 27.2 Å². The zero-order valence-corrected chi connectivity index (χ0v) is 22.2. The first-order chi connectivity index (χ1) is 17.9. The van der Waals surface area contributed by atoms with Crippen LogP contribution in [0.2, 0.25) is 5.02 Å². The van der Waals surface area contributed by atoms with Crippen LogP contribution in [0.3, 0.4) is 0 Å². The molecule has 0 aromatic heterocycles. The van der Waals surface area contributed by atoms with E-state index in [0.717, 1.165) is 17.2 Å². The fraction of sp³-hybridized carbons (Fsp3) is 0.192. The molecule has 200 valence electrons. The van der Waals surface area contributed by atoms with Crippen LogP contribution in [0.4, 0.5) is 20.6 Å². The van der Waals surface area contributed by atoms with E-state index < -0.39 is 34.1 Å². The Hall–Kier alpha value is -3.96. The van der Waals surface area contributed by atoms with Crippen molar-refractivity contribution in [3.8, 4) is 11.1 Å². The molecule has 0 unspecified atom stereocenters. The molecule has 9 nitrogen and oxygen atoms in total. The van der Waals surface area contributed by atoms with Crippen molar-refractivity contribution in [3.05, 3.63) is 77.6 Å². The number of nitrogens with one attached hydrogen (secondary N) is 3. The summed E-state index contributed by atoms with van der Waals surface area (Å²) in [6.45, 7) is 0.998. The third kappa shape index (κ3) is 8.02. The Balaban J connectivity index is 1.74. The Morgan fingerprint density at radius 1 is 0.974 bits per heavy atom. The van der Waals surface area contributed by atoms with Gasteiger partial charge in [0.25, 0.3) is 0 Å². The van der Waals surface area contributed by atoms with Crippen LogP contribution >= 0.6 is 11.6 Å². The zero-order chi connectivity index (χ0) is 27.9. The minimum atomic E-state index is -3.55. The van der Waals surface area contributed by atoms with E-state index in [1.54, 1.807) is 42.5 Å². The van der Waals surface area contributed by atoms with Gasteiger partial charge in [-0.2, -0.15) is 0 Å². The lowest BCUT2D eigenvalue weighted by Gasteiger charge is -2.23. The fourth-order valence-electron chi connectivity index (χ4n) is 3.53. The average Bonchev–Trinajstić information content (AvgIpc) is 2.85. The molecule has 0 aliphatic heterocycles. The summed E-state index contributed by atoms with van der Waals surface area (Å²) in [5, 5.41) is 8.12. The van der Waals surface area contributed by atoms with Crippen LogP contribution in [0.1, 0.15) is 6.92 Å². The van der Waals surface area contributed by atoms with Crippen molar-refractivity contribution >= 4 is 50.7 Å². The maximum Gasteiger partial charge on any atom is 0.322 e. The summed E-state index contributed by atoms with van der Waals surface area (Å²) in [7, 11) is -3.55. The predicted molar refractivity (Wildman–Crippen MR) is 144 cm³/mol. The quantitative estimate of drug-likeness (QED) is 0.362. The Kier molecular flexibility index (Phi) is 9.43. The van der Waals surface area contributed by atoms with Gasteiger partial charge in [0, 0.05) is 42.5 Å². The molecule has 3 rings (SSSR count). The van der Waals surface area contributed by atoms with Gasteiger partial charge in [0.2, 0.25) is 11.8 Å².